The first-order valence-electron chi connectivity index (χ1n) is 12.1. The first-order valence-corrected chi connectivity index (χ1v) is 12.1. The molecule has 0 N–H and O–H groups in total. The summed E-state index contributed by atoms with van der Waals surface area (Å²) in [6.07, 6.45) is 19.2. The van der Waals surface area contributed by atoms with Gasteiger partial charge in [-0.3, -0.25) is 0 Å². The van der Waals surface area contributed by atoms with Crippen LogP contribution in [-0.2, 0) is 0 Å². The largest absolute Gasteiger partial charge is 0.204 e. The van der Waals surface area contributed by atoms with Crippen molar-refractivity contribution in [1.29, 1.82) is 0 Å². The topological polar surface area (TPSA) is 0 Å². The maximum Gasteiger partial charge on any atom is 0.160 e. The number of hydrogen-bond donors (Lipinski definition) is 0. The van der Waals surface area contributed by atoms with E-state index in [0.29, 0.717) is 11.5 Å². The van der Waals surface area contributed by atoms with Gasteiger partial charge < -0.3 is 0 Å². The maximum absolute atomic E-state index is 13.3. The van der Waals surface area contributed by atoms with Crippen molar-refractivity contribution in [2.45, 2.75) is 96.8 Å². The summed E-state index contributed by atoms with van der Waals surface area (Å²) < 4.78 is 26.3. The second-order valence-electron chi connectivity index (χ2n) is 9.49. The molecule has 2 fully saturated rings. The minimum Gasteiger partial charge on any atom is -0.204 e. The number of unbranched alkanes of at least 4 members (excludes halogenated alkanes) is 4. The Morgan fingerprint density at radius 3 is 2.10 bits per heavy atom. The number of benzene rings is 1. The first-order chi connectivity index (χ1) is 14.2. The highest BCUT2D eigenvalue weighted by molar-refractivity contribution is 5.35. The fourth-order valence-corrected chi connectivity index (χ4v) is 5.48. The van der Waals surface area contributed by atoms with Crippen LogP contribution in [0.1, 0.15) is 102 Å². The zero-order valence-corrected chi connectivity index (χ0v) is 18.2. The Morgan fingerprint density at radius 2 is 1.45 bits per heavy atom. The second-order valence-corrected chi connectivity index (χ2v) is 9.49. The van der Waals surface area contributed by atoms with Crippen LogP contribution < -0.4 is 0 Å². The van der Waals surface area contributed by atoms with Crippen molar-refractivity contribution in [2.24, 2.45) is 23.7 Å². The van der Waals surface area contributed by atoms with Crippen LogP contribution in [0.15, 0.2) is 18.2 Å². The number of hydrogen-bond acceptors (Lipinski definition) is 0. The van der Waals surface area contributed by atoms with E-state index >= 15 is 0 Å². The molecule has 0 nitrogen and oxygen atoms in total. The van der Waals surface area contributed by atoms with E-state index in [1.54, 1.807) is 6.07 Å². The van der Waals surface area contributed by atoms with Gasteiger partial charge in [-0.15, -0.1) is 0 Å². The van der Waals surface area contributed by atoms with E-state index in [9.17, 15) is 8.78 Å². The Morgan fingerprint density at radius 1 is 0.793 bits per heavy atom. The highest BCUT2D eigenvalue weighted by Gasteiger charge is 2.30. The van der Waals surface area contributed by atoms with Crippen LogP contribution in [-0.4, -0.2) is 0 Å². The molecule has 0 amide bonds. The summed E-state index contributed by atoms with van der Waals surface area (Å²) in [5.41, 5.74) is 0.582. The standard InChI is InChI=1S/C27H38F2/c1-2-3-4-5-6-7-21-10-15-24(16-11-21)25-17-12-22(13-18-25)8-9-23-14-19-26(28)27(29)20-23/h14,19-22,24-25H,2-7,10-13,15-18H2,1H3/t21-,22-,24-,25-. The first kappa shape index (κ1) is 22.3. The summed E-state index contributed by atoms with van der Waals surface area (Å²) in [5, 5.41) is 0. The SMILES string of the molecule is CCCCCCC[C@H]1CC[C@H]([C@H]2CC[C@H](C#Cc3ccc(F)c(F)c3)CC2)CC1. The smallest absolute Gasteiger partial charge is 0.160 e. The molecule has 0 spiro atoms. The van der Waals surface area contributed by atoms with Crippen LogP contribution in [0, 0.1) is 47.1 Å². The monoisotopic (exact) mass is 400 g/mol. The average molecular weight is 401 g/mol. The summed E-state index contributed by atoms with van der Waals surface area (Å²) in [5.74, 6) is 7.99. The van der Waals surface area contributed by atoms with Gasteiger partial charge in [-0.2, -0.15) is 0 Å². The lowest BCUT2D eigenvalue weighted by molar-refractivity contribution is 0.153. The Bertz CT molecular complexity index is 668. The lowest BCUT2D eigenvalue weighted by Gasteiger charge is -2.37. The quantitative estimate of drug-likeness (QED) is 0.319. The average Bonchev–Trinajstić information content (AvgIpc) is 2.75. The van der Waals surface area contributed by atoms with Gasteiger partial charge in [-0.25, -0.2) is 8.78 Å². The Balaban J connectivity index is 1.35. The van der Waals surface area contributed by atoms with Gasteiger partial charge in [0.2, 0.25) is 0 Å². The molecule has 0 atom stereocenters. The van der Waals surface area contributed by atoms with E-state index in [2.05, 4.69) is 18.8 Å². The van der Waals surface area contributed by atoms with Gasteiger partial charge in [0, 0.05) is 11.5 Å². The lowest BCUT2D eigenvalue weighted by Crippen LogP contribution is -2.25. The number of halogens is 2. The molecular formula is C27H38F2. The molecule has 0 heterocycles. The fraction of sp³-hybridized carbons (Fsp3) is 0.704. The summed E-state index contributed by atoms with van der Waals surface area (Å²) in [6.45, 7) is 2.29. The molecule has 0 aliphatic heterocycles. The van der Waals surface area contributed by atoms with Gasteiger partial charge in [-0.05, 0) is 74.5 Å². The van der Waals surface area contributed by atoms with Crippen LogP contribution in [0.4, 0.5) is 8.78 Å². The fourth-order valence-electron chi connectivity index (χ4n) is 5.48. The van der Waals surface area contributed by atoms with Gasteiger partial charge >= 0.3 is 0 Å². The molecule has 0 saturated heterocycles. The van der Waals surface area contributed by atoms with E-state index in [1.807, 2.05) is 0 Å². The van der Waals surface area contributed by atoms with Crippen LogP contribution in [0.5, 0.6) is 0 Å². The molecule has 1 aromatic carbocycles. The van der Waals surface area contributed by atoms with Crippen molar-refractivity contribution in [2.75, 3.05) is 0 Å². The molecule has 0 radical (unpaired) electrons. The minimum absolute atomic E-state index is 0.416. The van der Waals surface area contributed by atoms with E-state index < -0.39 is 11.6 Å². The molecular weight excluding hydrogens is 362 g/mol. The predicted molar refractivity (Wildman–Crippen MR) is 118 cm³/mol. The van der Waals surface area contributed by atoms with E-state index in [0.717, 1.165) is 23.8 Å². The van der Waals surface area contributed by atoms with Crippen LogP contribution in [0.25, 0.3) is 0 Å². The Hall–Kier alpha value is -1.36. The van der Waals surface area contributed by atoms with Crippen molar-refractivity contribution in [3.05, 3.63) is 35.4 Å². The van der Waals surface area contributed by atoms with Crippen molar-refractivity contribution < 1.29 is 8.78 Å². The third kappa shape index (κ3) is 7.13. The lowest BCUT2D eigenvalue weighted by atomic mass is 9.69. The molecule has 160 valence electrons. The van der Waals surface area contributed by atoms with Crippen LogP contribution >= 0.6 is 0 Å². The molecule has 2 saturated carbocycles. The van der Waals surface area contributed by atoms with Gasteiger partial charge in [0.25, 0.3) is 0 Å². The zero-order valence-electron chi connectivity index (χ0n) is 18.2. The molecule has 0 bridgehead atoms. The highest BCUT2D eigenvalue weighted by Crippen LogP contribution is 2.42. The Kier molecular flexibility index (Phi) is 9.03. The molecule has 2 aliphatic rings. The Labute approximate surface area is 176 Å². The van der Waals surface area contributed by atoms with Crippen molar-refractivity contribution in [3.8, 4) is 11.8 Å². The van der Waals surface area contributed by atoms with E-state index in [1.165, 1.54) is 96.0 Å². The molecule has 2 heteroatoms. The summed E-state index contributed by atoms with van der Waals surface area (Å²) in [4.78, 5) is 0. The minimum atomic E-state index is -0.808. The van der Waals surface area contributed by atoms with Gasteiger partial charge in [0.15, 0.2) is 11.6 Å². The molecule has 2 aliphatic carbocycles. The van der Waals surface area contributed by atoms with Crippen LogP contribution in [0.3, 0.4) is 0 Å². The molecule has 3 rings (SSSR count). The molecule has 29 heavy (non-hydrogen) atoms. The molecule has 1 aromatic rings. The summed E-state index contributed by atoms with van der Waals surface area (Å²) in [7, 11) is 0. The normalized spacial score (nSPS) is 27.3. The van der Waals surface area contributed by atoms with Gasteiger partial charge in [0.05, 0.1) is 0 Å². The van der Waals surface area contributed by atoms with E-state index in [-0.39, 0.29) is 0 Å². The maximum atomic E-state index is 13.3. The molecule has 0 unspecified atom stereocenters. The van der Waals surface area contributed by atoms with Gasteiger partial charge in [-0.1, -0.05) is 70.1 Å². The second kappa shape index (κ2) is 11.7. The summed E-state index contributed by atoms with van der Waals surface area (Å²) >= 11 is 0. The van der Waals surface area contributed by atoms with Crippen molar-refractivity contribution in [1.82, 2.24) is 0 Å². The summed E-state index contributed by atoms with van der Waals surface area (Å²) in [6, 6.07) is 3.94. The number of rotatable bonds is 7. The van der Waals surface area contributed by atoms with Crippen molar-refractivity contribution >= 4 is 0 Å². The van der Waals surface area contributed by atoms with E-state index in [4.69, 9.17) is 0 Å². The zero-order chi connectivity index (χ0) is 20.5. The van der Waals surface area contributed by atoms with Gasteiger partial charge in [0.1, 0.15) is 0 Å². The third-order valence-corrected chi connectivity index (χ3v) is 7.39. The van der Waals surface area contributed by atoms with Crippen LogP contribution in [0.2, 0.25) is 0 Å². The molecule has 0 aromatic heterocycles. The highest BCUT2D eigenvalue weighted by atomic mass is 19.2. The predicted octanol–water partition coefficient (Wildman–Crippen LogP) is 8.29. The van der Waals surface area contributed by atoms with Crippen molar-refractivity contribution in [3.63, 3.8) is 0 Å². The third-order valence-electron chi connectivity index (χ3n) is 7.39.